The standard InChI is InChI=1S/C26H33N7O4.C15H21N3O3/c1-3-36-21-12-17(9-10-28-21)20-8-7-16(2)14-32(20)26(35)25(34)30-19-13-29-24(27)18-15-33(31-23(18)19)22-6-4-5-11-37-22;1-3-21-13-8-11(6-7-17-13)12-5-4-10(2)9-18(12)15(20)14(16)19/h9-10,12-13,15-16,20,22H,3-8,11,14H2,1-2H3,(H2,27,29)(H,30,34);6-8,10,12H,3-5,9H2,1-2H3,(H2,16,19)/t16-,20+,22?;10-,12+/m00/s1. The first kappa shape index (κ1) is 41.8. The van der Waals surface area contributed by atoms with Crippen molar-refractivity contribution in [3.63, 3.8) is 0 Å². The number of aromatic nitrogens is 5. The monoisotopic (exact) mass is 798 g/mol. The van der Waals surface area contributed by atoms with E-state index in [0.717, 1.165) is 56.1 Å². The Morgan fingerprint density at radius 3 is 1.95 bits per heavy atom. The fourth-order valence-electron chi connectivity index (χ4n) is 7.83. The van der Waals surface area contributed by atoms with Crippen LogP contribution in [0.1, 0.15) is 102 Å². The van der Waals surface area contributed by atoms with Gasteiger partial charge in [-0.1, -0.05) is 13.8 Å². The molecule has 0 aromatic carbocycles. The van der Waals surface area contributed by atoms with Crippen LogP contribution in [0.2, 0.25) is 0 Å². The molecule has 5 N–H and O–H groups in total. The van der Waals surface area contributed by atoms with Crippen molar-refractivity contribution >= 4 is 46.0 Å². The summed E-state index contributed by atoms with van der Waals surface area (Å²) in [6.45, 7) is 10.6. The van der Waals surface area contributed by atoms with Crippen molar-refractivity contribution in [3.05, 3.63) is 60.2 Å². The van der Waals surface area contributed by atoms with E-state index in [1.54, 1.807) is 33.1 Å². The molecule has 17 heteroatoms. The number of nitrogens with zero attached hydrogens (tertiary/aromatic N) is 7. The third-order valence-corrected chi connectivity index (χ3v) is 10.7. The highest BCUT2D eigenvalue weighted by Crippen LogP contribution is 2.36. The number of rotatable bonds is 8. The van der Waals surface area contributed by atoms with Crippen LogP contribution in [0.25, 0.3) is 10.9 Å². The molecule has 7 heterocycles. The number of amides is 4. The van der Waals surface area contributed by atoms with E-state index in [9.17, 15) is 19.2 Å². The number of primary amides is 1. The minimum Gasteiger partial charge on any atom is -0.478 e. The van der Waals surface area contributed by atoms with Crippen molar-refractivity contribution in [2.45, 2.75) is 91.0 Å². The number of likely N-dealkylation sites (tertiary alicyclic amines) is 2. The van der Waals surface area contributed by atoms with E-state index in [4.69, 9.17) is 25.7 Å². The molecular formula is C41H54N10O7. The van der Waals surface area contributed by atoms with Crippen LogP contribution in [0.5, 0.6) is 11.8 Å². The average Bonchev–Trinajstić information content (AvgIpc) is 3.69. The van der Waals surface area contributed by atoms with Gasteiger partial charge in [0.15, 0.2) is 0 Å². The normalized spacial score (nSPS) is 22.0. The lowest BCUT2D eigenvalue weighted by molar-refractivity contribution is -0.147. The summed E-state index contributed by atoms with van der Waals surface area (Å²) in [5, 5.41) is 7.98. The number of nitrogens with one attached hydrogen (secondary N) is 1. The van der Waals surface area contributed by atoms with Gasteiger partial charge in [-0.2, -0.15) is 5.10 Å². The molecule has 0 saturated carbocycles. The quantitative estimate of drug-likeness (QED) is 0.206. The first-order chi connectivity index (χ1) is 28.0. The van der Waals surface area contributed by atoms with E-state index in [0.29, 0.717) is 73.0 Å². The van der Waals surface area contributed by atoms with Crippen molar-refractivity contribution in [2.75, 3.05) is 44.0 Å². The lowest BCUT2D eigenvalue weighted by atomic mass is 9.90. The molecule has 4 aromatic heterocycles. The molecule has 3 aliphatic rings. The van der Waals surface area contributed by atoms with Crippen molar-refractivity contribution in [1.29, 1.82) is 0 Å². The highest BCUT2D eigenvalue weighted by atomic mass is 16.5. The maximum absolute atomic E-state index is 13.5. The molecule has 1 unspecified atom stereocenters. The molecule has 4 amide bonds. The van der Waals surface area contributed by atoms with Crippen LogP contribution >= 0.6 is 0 Å². The summed E-state index contributed by atoms with van der Waals surface area (Å²) in [6.07, 6.45) is 12.8. The van der Waals surface area contributed by atoms with Gasteiger partial charge in [-0.05, 0) is 93.9 Å². The summed E-state index contributed by atoms with van der Waals surface area (Å²) in [5.74, 6) is -0.914. The number of fused-ring (bicyclic) bond motifs is 1. The lowest BCUT2D eigenvalue weighted by Crippen LogP contribution is -2.46. The smallest absolute Gasteiger partial charge is 0.314 e. The summed E-state index contributed by atoms with van der Waals surface area (Å²) < 4.78 is 18.5. The number of anilines is 2. The number of piperidine rings is 2. The van der Waals surface area contributed by atoms with Crippen molar-refractivity contribution in [1.82, 2.24) is 34.5 Å². The zero-order chi connectivity index (χ0) is 41.3. The number of nitrogens with two attached hydrogens (primary N) is 2. The maximum Gasteiger partial charge on any atom is 0.314 e. The van der Waals surface area contributed by atoms with Crippen LogP contribution in [0, 0.1) is 11.8 Å². The van der Waals surface area contributed by atoms with Crippen LogP contribution in [0.15, 0.2) is 49.1 Å². The van der Waals surface area contributed by atoms with Gasteiger partial charge in [0.05, 0.1) is 42.6 Å². The number of hydrogen-bond acceptors (Lipinski definition) is 12. The highest BCUT2D eigenvalue weighted by molar-refractivity contribution is 6.40. The number of nitrogen functional groups attached to an aromatic ring is 1. The molecule has 17 nitrogen and oxygen atoms in total. The van der Waals surface area contributed by atoms with Crippen LogP contribution in [-0.4, -0.2) is 91.1 Å². The van der Waals surface area contributed by atoms with E-state index in [-0.39, 0.29) is 24.2 Å². The van der Waals surface area contributed by atoms with Crippen molar-refractivity contribution < 1.29 is 33.4 Å². The molecule has 5 atom stereocenters. The second-order valence-corrected chi connectivity index (χ2v) is 15.1. The van der Waals surface area contributed by atoms with Gasteiger partial charge in [0.2, 0.25) is 11.8 Å². The van der Waals surface area contributed by atoms with Crippen LogP contribution < -0.4 is 26.3 Å². The molecule has 0 aliphatic carbocycles. The Morgan fingerprint density at radius 2 is 1.41 bits per heavy atom. The summed E-state index contributed by atoms with van der Waals surface area (Å²) >= 11 is 0. The van der Waals surface area contributed by atoms with Gasteiger partial charge in [0.1, 0.15) is 17.6 Å². The van der Waals surface area contributed by atoms with E-state index in [1.165, 1.54) is 6.20 Å². The van der Waals surface area contributed by atoms with Gasteiger partial charge in [-0.25, -0.2) is 19.6 Å². The SMILES string of the molecule is CCOc1cc([C@H]2CC[C@H](C)CN2C(=O)C(=O)Nc2cnc(N)c3cn(C4CCCCO4)nc23)ccn1.CCOc1cc([C@H]2CC[C@H](C)CN2C(=O)C(N)=O)ccn1. The lowest BCUT2D eigenvalue weighted by Gasteiger charge is -2.38. The molecule has 0 bridgehead atoms. The number of hydrogen-bond donors (Lipinski definition) is 3. The Bertz CT molecular complexity index is 2090. The molecular weight excluding hydrogens is 745 g/mol. The van der Waals surface area contributed by atoms with E-state index < -0.39 is 23.6 Å². The number of ether oxygens (including phenoxy) is 3. The van der Waals surface area contributed by atoms with E-state index >= 15 is 0 Å². The molecule has 7 rings (SSSR count). The minimum absolute atomic E-state index is 0.150. The average molecular weight is 799 g/mol. The van der Waals surface area contributed by atoms with Crippen molar-refractivity contribution in [3.8, 4) is 11.8 Å². The van der Waals surface area contributed by atoms with Gasteiger partial charge in [0, 0.05) is 50.4 Å². The summed E-state index contributed by atoms with van der Waals surface area (Å²) in [4.78, 5) is 65.8. The van der Waals surface area contributed by atoms with Crippen molar-refractivity contribution in [2.24, 2.45) is 17.6 Å². The molecule has 58 heavy (non-hydrogen) atoms. The fraction of sp³-hybridized carbons (Fsp3) is 0.512. The van der Waals surface area contributed by atoms with Crippen LogP contribution in [0.4, 0.5) is 11.5 Å². The molecule has 3 saturated heterocycles. The van der Waals surface area contributed by atoms with E-state index in [2.05, 4.69) is 39.2 Å². The van der Waals surface area contributed by atoms with Gasteiger partial charge in [-0.3, -0.25) is 19.2 Å². The molecule has 0 spiro atoms. The molecule has 3 fully saturated rings. The first-order valence-corrected chi connectivity index (χ1v) is 20.1. The van der Waals surface area contributed by atoms with Gasteiger partial charge in [0.25, 0.3) is 0 Å². The summed E-state index contributed by atoms with van der Waals surface area (Å²) in [7, 11) is 0. The second kappa shape index (κ2) is 19.1. The third-order valence-electron chi connectivity index (χ3n) is 10.7. The molecule has 3 aliphatic heterocycles. The minimum atomic E-state index is -0.909. The molecule has 310 valence electrons. The Morgan fingerprint density at radius 1 is 0.828 bits per heavy atom. The largest absolute Gasteiger partial charge is 0.478 e. The maximum atomic E-state index is 13.5. The van der Waals surface area contributed by atoms with Gasteiger partial charge >= 0.3 is 23.6 Å². The highest BCUT2D eigenvalue weighted by Gasteiger charge is 2.36. The number of pyridine rings is 3. The second-order valence-electron chi connectivity index (χ2n) is 15.1. The van der Waals surface area contributed by atoms with Crippen LogP contribution in [-0.2, 0) is 23.9 Å². The first-order valence-electron chi connectivity index (χ1n) is 20.1. The Labute approximate surface area is 337 Å². The Hall–Kier alpha value is -5.84. The molecule has 4 aromatic rings. The van der Waals surface area contributed by atoms with Gasteiger partial charge < -0.3 is 40.8 Å². The Balaban J connectivity index is 0.000000229. The predicted octanol–water partition coefficient (Wildman–Crippen LogP) is 4.71. The number of carbonyl (C=O) groups is 4. The topological polar surface area (TPSA) is 223 Å². The zero-order valence-electron chi connectivity index (χ0n) is 33.6. The summed E-state index contributed by atoms with van der Waals surface area (Å²) in [5.41, 5.74) is 13.9. The Kier molecular flexibility index (Phi) is 13.7. The predicted molar refractivity (Wildman–Crippen MR) is 215 cm³/mol. The zero-order valence-corrected chi connectivity index (χ0v) is 33.6. The number of carbonyl (C=O) groups excluding carboxylic acids is 4. The van der Waals surface area contributed by atoms with Crippen LogP contribution in [0.3, 0.4) is 0 Å². The van der Waals surface area contributed by atoms with Gasteiger partial charge in [-0.15, -0.1) is 0 Å². The third kappa shape index (κ3) is 9.81. The van der Waals surface area contributed by atoms with E-state index in [1.807, 2.05) is 38.1 Å². The fourth-order valence-corrected chi connectivity index (χ4v) is 7.83. The molecule has 0 radical (unpaired) electrons. The summed E-state index contributed by atoms with van der Waals surface area (Å²) in [6, 6.07) is 6.99.